The summed E-state index contributed by atoms with van der Waals surface area (Å²) in [5.74, 6) is -2.59. The molecule has 0 aliphatic heterocycles. The molecular weight excluding hydrogens is 326 g/mol. The largest absolute Gasteiger partial charge is 0.286 e. The average Bonchev–Trinajstić information content (AvgIpc) is 3.08. The number of aromatic nitrogens is 4. The second kappa shape index (κ2) is 5.47. The Balaban J connectivity index is 1.91. The van der Waals surface area contributed by atoms with Crippen LogP contribution in [0.4, 0.5) is 8.78 Å². The number of benzene rings is 1. The fraction of sp³-hybridized carbons (Fsp3) is 0.167. The fourth-order valence-electron chi connectivity index (χ4n) is 2.90. The molecule has 0 bridgehead atoms. The lowest BCUT2D eigenvalue weighted by Crippen LogP contribution is -2.24. The molecule has 0 saturated heterocycles. The molecule has 0 unspecified atom stereocenters. The average molecular weight is 340 g/mol. The Labute approximate surface area is 141 Å². The van der Waals surface area contributed by atoms with Gasteiger partial charge in [0.25, 0.3) is 11.5 Å². The maximum absolute atomic E-state index is 13.5. The number of imidazole rings is 1. The maximum Gasteiger partial charge on any atom is 0.286 e. The van der Waals surface area contributed by atoms with Gasteiger partial charge in [-0.15, -0.1) is 0 Å². The van der Waals surface area contributed by atoms with Crippen molar-refractivity contribution in [3.63, 3.8) is 0 Å². The highest BCUT2D eigenvalue weighted by atomic mass is 19.3. The van der Waals surface area contributed by atoms with E-state index >= 15 is 0 Å². The predicted molar refractivity (Wildman–Crippen MR) is 89.9 cm³/mol. The molecule has 0 fully saturated rings. The summed E-state index contributed by atoms with van der Waals surface area (Å²) < 4.78 is 30.3. The van der Waals surface area contributed by atoms with Crippen LogP contribution in [0.2, 0.25) is 0 Å². The van der Waals surface area contributed by atoms with E-state index in [-0.39, 0.29) is 17.8 Å². The number of nitrogens with zero attached hydrogens (tertiary/aromatic N) is 4. The molecule has 3 aromatic heterocycles. The highest BCUT2D eigenvalue weighted by molar-refractivity contribution is 5.80. The van der Waals surface area contributed by atoms with Gasteiger partial charge in [0.05, 0.1) is 23.1 Å². The molecule has 0 atom stereocenters. The molecule has 4 aromatic rings. The van der Waals surface area contributed by atoms with Gasteiger partial charge in [-0.05, 0) is 24.3 Å². The first-order valence-electron chi connectivity index (χ1n) is 7.74. The Bertz CT molecular complexity index is 1140. The minimum Gasteiger partial charge on any atom is -0.285 e. The Hall–Kier alpha value is -3.09. The van der Waals surface area contributed by atoms with Crippen molar-refractivity contribution in [2.45, 2.75) is 19.4 Å². The number of fused-ring (bicyclic) bond motifs is 3. The van der Waals surface area contributed by atoms with Crippen LogP contribution >= 0.6 is 0 Å². The van der Waals surface area contributed by atoms with Gasteiger partial charge >= 0.3 is 0 Å². The van der Waals surface area contributed by atoms with Crippen molar-refractivity contribution in [3.8, 4) is 0 Å². The van der Waals surface area contributed by atoms with E-state index < -0.39 is 5.92 Å². The highest BCUT2D eigenvalue weighted by Gasteiger charge is 2.26. The lowest BCUT2D eigenvalue weighted by molar-refractivity contribution is 0.0125. The second-order valence-electron chi connectivity index (χ2n) is 5.91. The summed E-state index contributed by atoms with van der Waals surface area (Å²) in [4.78, 5) is 21.1. The monoisotopic (exact) mass is 340 g/mol. The number of pyridine rings is 1. The molecule has 3 heterocycles. The van der Waals surface area contributed by atoms with E-state index in [0.29, 0.717) is 16.9 Å². The molecule has 5 nitrogen and oxygen atoms in total. The van der Waals surface area contributed by atoms with Crippen molar-refractivity contribution in [3.05, 3.63) is 76.6 Å². The molecule has 1 aromatic carbocycles. The number of halogens is 2. The van der Waals surface area contributed by atoms with Crippen LogP contribution in [0.15, 0.2) is 59.7 Å². The summed E-state index contributed by atoms with van der Waals surface area (Å²) in [6.45, 7) is 0.863. The SMILES string of the molecule is CC(F)(F)c1cccc(Cn2c(=O)c3ccccc3n3ccnc23)n1. The summed E-state index contributed by atoms with van der Waals surface area (Å²) in [7, 11) is 0. The van der Waals surface area contributed by atoms with Crippen molar-refractivity contribution in [2.75, 3.05) is 0 Å². The first-order chi connectivity index (χ1) is 11.9. The number of alkyl halides is 2. The standard InChI is InChI=1S/C18H14F2N4O/c1-18(19,20)15-8-4-5-12(22-15)11-24-16(25)13-6-2-3-7-14(13)23-10-9-21-17(23)24/h2-10H,11H2,1H3. The molecule has 0 aliphatic rings. The lowest BCUT2D eigenvalue weighted by atomic mass is 10.2. The molecule has 126 valence electrons. The molecule has 0 saturated carbocycles. The van der Waals surface area contributed by atoms with Crippen LogP contribution < -0.4 is 5.56 Å². The van der Waals surface area contributed by atoms with Crippen LogP contribution in [0, 0.1) is 0 Å². The molecular formula is C18H14F2N4O. The molecule has 0 radical (unpaired) electrons. The van der Waals surface area contributed by atoms with Gasteiger partial charge < -0.3 is 0 Å². The van der Waals surface area contributed by atoms with E-state index in [4.69, 9.17) is 0 Å². The quantitative estimate of drug-likeness (QED) is 0.575. The van der Waals surface area contributed by atoms with E-state index in [1.54, 1.807) is 35.0 Å². The minimum atomic E-state index is -3.03. The van der Waals surface area contributed by atoms with E-state index in [0.717, 1.165) is 12.4 Å². The van der Waals surface area contributed by atoms with E-state index in [9.17, 15) is 13.6 Å². The van der Waals surface area contributed by atoms with Gasteiger partial charge in [-0.25, -0.2) is 9.97 Å². The molecule has 0 N–H and O–H groups in total. The number of rotatable bonds is 3. The zero-order chi connectivity index (χ0) is 17.6. The topological polar surface area (TPSA) is 52.2 Å². The zero-order valence-corrected chi connectivity index (χ0v) is 13.4. The molecule has 7 heteroatoms. The fourth-order valence-corrected chi connectivity index (χ4v) is 2.90. The third-order valence-electron chi connectivity index (χ3n) is 4.08. The van der Waals surface area contributed by atoms with Crippen LogP contribution in [0.3, 0.4) is 0 Å². The van der Waals surface area contributed by atoms with Crippen LogP contribution in [0.1, 0.15) is 18.3 Å². The van der Waals surface area contributed by atoms with Crippen molar-refractivity contribution >= 4 is 16.7 Å². The normalized spacial score (nSPS) is 12.1. The summed E-state index contributed by atoms with van der Waals surface area (Å²) in [6, 6.07) is 11.6. The van der Waals surface area contributed by atoms with Gasteiger partial charge in [-0.3, -0.25) is 13.8 Å². The number of para-hydroxylation sites is 1. The minimum absolute atomic E-state index is 0.0636. The summed E-state index contributed by atoms with van der Waals surface area (Å²) in [6.07, 6.45) is 3.36. The Morgan fingerprint density at radius 3 is 2.72 bits per heavy atom. The smallest absolute Gasteiger partial charge is 0.285 e. The van der Waals surface area contributed by atoms with Crippen LogP contribution in [0.5, 0.6) is 0 Å². The van der Waals surface area contributed by atoms with E-state index in [1.807, 2.05) is 12.1 Å². The zero-order valence-electron chi connectivity index (χ0n) is 13.4. The van der Waals surface area contributed by atoms with Gasteiger partial charge in [0, 0.05) is 19.3 Å². The summed E-state index contributed by atoms with van der Waals surface area (Å²) in [5, 5.41) is 0.532. The Morgan fingerprint density at radius 1 is 1.12 bits per heavy atom. The second-order valence-corrected chi connectivity index (χ2v) is 5.91. The molecule has 0 aliphatic carbocycles. The first kappa shape index (κ1) is 15.4. The van der Waals surface area contributed by atoms with Crippen LogP contribution in [-0.4, -0.2) is 18.9 Å². The third kappa shape index (κ3) is 2.57. The van der Waals surface area contributed by atoms with Crippen molar-refractivity contribution < 1.29 is 8.78 Å². The van der Waals surface area contributed by atoms with E-state index in [1.165, 1.54) is 16.7 Å². The predicted octanol–water partition coefficient (Wildman–Crippen LogP) is 3.20. The summed E-state index contributed by atoms with van der Waals surface area (Å²) in [5.41, 5.74) is 0.572. The van der Waals surface area contributed by atoms with Crippen LogP contribution in [0.25, 0.3) is 16.7 Å². The Kier molecular flexibility index (Phi) is 3.38. The van der Waals surface area contributed by atoms with Gasteiger partial charge in [0.2, 0.25) is 5.78 Å². The third-order valence-corrected chi connectivity index (χ3v) is 4.08. The molecule has 25 heavy (non-hydrogen) atoms. The van der Waals surface area contributed by atoms with Crippen molar-refractivity contribution in [2.24, 2.45) is 0 Å². The van der Waals surface area contributed by atoms with Crippen molar-refractivity contribution in [1.82, 2.24) is 18.9 Å². The van der Waals surface area contributed by atoms with Crippen molar-refractivity contribution in [1.29, 1.82) is 0 Å². The van der Waals surface area contributed by atoms with Gasteiger partial charge in [-0.2, -0.15) is 8.78 Å². The van der Waals surface area contributed by atoms with Gasteiger partial charge in [0.15, 0.2) is 0 Å². The lowest BCUT2D eigenvalue weighted by Gasteiger charge is -2.13. The van der Waals surface area contributed by atoms with Gasteiger partial charge in [-0.1, -0.05) is 18.2 Å². The number of hydrogen-bond donors (Lipinski definition) is 0. The Morgan fingerprint density at radius 2 is 1.92 bits per heavy atom. The molecule has 0 spiro atoms. The maximum atomic E-state index is 13.5. The number of hydrogen-bond acceptors (Lipinski definition) is 3. The van der Waals surface area contributed by atoms with Crippen LogP contribution in [-0.2, 0) is 12.5 Å². The van der Waals surface area contributed by atoms with Gasteiger partial charge in [0.1, 0.15) is 5.69 Å². The summed E-state index contributed by atoms with van der Waals surface area (Å²) >= 11 is 0. The first-order valence-corrected chi connectivity index (χ1v) is 7.74. The highest BCUT2D eigenvalue weighted by Crippen LogP contribution is 2.25. The molecule has 0 amide bonds. The van der Waals surface area contributed by atoms with E-state index in [2.05, 4.69) is 9.97 Å². The molecule has 4 rings (SSSR count).